The molecule has 0 amide bonds. The number of aryl methyl sites for hydroxylation is 1. The molecule has 0 saturated carbocycles. The fourth-order valence-electron chi connectivity index (χ4n) is 1.88. The minimum Gasteiger partial charge on any atom is -0.462 e. The van der Waals surface area contributed by atoms with Crippen molar-refractivity contribution >= 4 is 0 Å². The van der Waals surface area contributed by atoms with E-state index < -0.39 is 0 Å². The van der Waals surface area contributed by atoms with Crippen LogP contribution < -0.4 is 9.47 Å². The van der Waals surface area contributed by atoms with E-state index in [9.17, 15) is 0 Å². The first-order chi connectivity index (χ1) is 11.1. The molecule has 2 aromatic carbocycles. The van der Waals surface area contributed by atoms with Crippen LogP contribution in [-0.2, 0) is 0 Å². The van der Waals surface area contributed by atoms with Crippen LogP contribution in [0, 0.1) is 6.92 Å². The quantitative estimate of drug-likeness (QED) is 0.467. The molecule has 0 radical (unpaired) electrons. The van der Waals surface area contributed by atoms with Crippen molar-refractivity contribution in [1.82, 2.24) is 0 Å². The average Bonchev–Trinajstić information content (AvgIpc) is 2.55. The molecule has 2 aromatic rings. The lowest BCUT2D eigenvalue weighted by Gasteiger charge is -2.09. The van der Waals surface area contributed by atoms with Gasteiger partial charge in [-0.3, -0.25) is 0 Å². The van der Waals surface area contributed by atoms with Crippen molar-refractivity contribution in [1.29, 1.82) is 0 Å². The van der Waals surface area contributed by atoms with Crippen molar-refractivity contribution in [2.75, 3.05) is 0 Å². The number of ether oxygens (including phenoxy) is 2. The standard InChI is InChI=1S/C21H22O2/c1-5-16(2)9-12-18(4)22-20-7-6-8-21(15-20)23-19-13-10-17(3)11-14-19/h5-15H,1H2,2-4H3/b16-9-,18-12+. The number of hydrogen-bond acceptors (Lipinski definition) is 2. The van der Waals surface area contributed by atoms with Crippen molar-refractivity contribution in [2.45, 2.75) is 20.8 Å². The van der Waals surface area contributed by atoms with E-state index in [4.69, 9.17) is 9.47 Å². The normalized spacial score (nSPS) is 12.0. The Bertz CT molecular complexity index is 722. The highest BCUT2D eigenvalue weighted by atomic mass is 16.5. The predicted molar refractivity (Wildman–Crippen MR) is 96.0 cm³/mol. The minimum absolute atomic E-state index is 0.744. The first kappa shape index (κ1) is 16.6. The van der Waals surface area contributed by atoms with Crippen LogP contribution in [0.5, 0.6) is 17.2 Å². The molecule has 0 N–H and O–H groups in total. The smallest absolute Gasteiger partial charge is 0.131 e. The van der Waals surface area contributed by atoms with Gasteiger partial charge in [0.1, 0.15) is 23.0 Å². The molecule has 23 heavy (non-hydrogen) atoms. The van der Waals surface area contributed by atoms with Gasteiger partial charge >= 0.3 is 0 Å². The number of allylic oxidation sites excluding steroid dienone is 5. The van der Waals surface area contributed by atoms with Crippen molar-refractivity contribution in [2.24, 2.45) is 0 Å². The summed E-state index contributed by atoms with van der Waals surface area (Å²) < 4.78 is 11.7. The van der Waals surface area contributed by atoms with Gasteiger partial charge in [-0.1, -0.05) is 48.1 Å². The minimum atomic E-state index is 0.744. The predicted octanol–water partition coefficient (Wildman–Crippen LogP) is 6.20. The van der Waals surface area contributed by atoms with Crippen LogP contribution in [0.3, 0.4) is 0 Å². The molecule has 0 heterocycles. The first-order valence-corrected chi connectivity index (χ1v) is 7.57. The third-order valence-corrected chi connectivity index (χ3v) is 3.24. The molecule has 0 aliphatic carbocycles. The van der Waals surface area contributed by atoms with E-state index in [2.05, 4.69) is 13.5 Å². The Morgan fingerprint density at radius 2 is 1.61 bits per heavy atom. The van der Waals surface area contributed by atoms with Crippen LogP contribution in [0.25, 0.3) is 0 Å². The molecule has 2 rings (SSSR count). The molecular weight excluding hydrogens is 284 g/mol. The fourth-order valence-corrected chi connectivity index (χ4v) is 1.88. The molecule has 0 atom stereocenters. The molecule has 0 bridgehead atoms. The van der Waals surface area contributed by atoms with Crippen molar-refractivity contribution in [3.05, 3.63) is 90.2 Å². The highest BCUT2D eigenvalue weighted by Crippen LogP contribution is 2.26. The number of benzene rings is 2. The van der Waals surface area contributed by atoms with E-state index in [0.29, 0.717) is 0 Å². The van der Waals surface area contributed by atoms with Crippen molar-refractivity contribution in [3.63, 3.8) is 0 Å². The zero-order chi connectivity index (χ0) is 16.7. The van der Waals surface area contributed by atoms with E-state index in [1.165, 1.54) is 5.56 Å². The van der Waals surface area contributed by atoms with Crippen LogP contribution in [0.15, 0.2) is 84.7 Å². The molecule has 118 valence electrons. The Balaban J connectivity index is 2.07. The maximum Gasteiger partial charge on any atom is 0.131 e. The third-order valence-electron chi connectivity index (χ3n) is 3.24. The number of rotatable bonds is 6. The fraction of sp³-hybridized carbons (Fsp3) is 0.143. The molecule has 0 spiro atoms. The lowest BCUT2D eigenvalue weighted by molar-refractivity contribution is 0.421. The summed E-state index contributed by atoms with van der Waals surface area (Å²) >= 11 is 0. The maximum atomic E-state index is 5.85. The highest BCUT2D eigenvalue weighted by molar-refractivity contribution is 5.38. The van der Waals surface area contributed by atoms with Gasteiger partial charge in [0.2, 0.25) is 0 Å². The first-order valence-electron chi connectivity index (χ1n) is 7.57. The monoisotopic (exact) mass is 306 g/mol. The van der Waals surface area contributed by atoms with E-state index in [-0.39, 0.29) is 0 Å². The van der Waals surface area contributed by atoms with E-state index in [1.54, 1.807) is 6.08 Å². The zero-order valence-electron chi connectivity index (χ0n) is 13.9. The van der Waals surface area contributed by atoms with Gasteiger partial charge in [0.15, 0.2) is 0 Å². The van der Waals surface area contributed by atoms with E-state index in [1.807, 2.05) is 74.5 Å². The summed E-state index contributed by atoms with van der Waals surface area (Å²) in [5.41, 5.74) is 2.29. The Hall–Kier alpha value is -2.74. The van der Waals surface area contributed by atoms with Crippen molar-refractivity contribution < 1.29 is 9.47 Å². The SMILES string of the molecule is C=C/C(C)=C\C=C(/C)Oc1cccc(Oc2ccc(C)cc2)c1. The van der Waals surface area contributed by atoms with E-state index >= 15 is 0 Å². The Morgan fingerprint density at radius 1 is 0.913 bits per heavy atom. The summed E-state index contributed by atoms with van der Waals surface area (Å²) in [6.45, 7) is 9.69. The lowest BCUT2D eigenvalue weighted by Crippen LogP contribution is -1.91. The Kier molecular flexibility index (Phi) is 5.81. The van der Waals surface area contributed by atoms with Crippen LogP contribution in [0.1, 0.15) is 19.4 Å². The maximum absolute atomic E-state index is 5.85. The zero-order valence-corrected chi connectivity index (χ0v) is 13.9. The van der Waals surface area contributed by atoms with Crippen molar-refractivity contribution in [3.8, 4) is 17.2 Å². The molecule has 0 aliphatic rings. The largest absolute Gasteiger partial charge is 0.462 e. The lowest BCUT2D eigenvalue weighted by atomic mass is 10.2. The summed E-state index contributed by atoms with van der Waals surface area (Å²) in [5.74, 6) is 3.10. The molecule has 2 nitrogen and oxygen atoms in total. The van der Waals surface area contributed by atoms with Gasteiger partial charge in [0.25, 0.3) is 0 Å². The molecule has 0 saturated heterocycles. The highest BCUT2D eigenvalue weighted by Gasteiger charge is 2.01. The Morgan fingerprint density at radius 3 is 2.30 bits per heavy atom. The Labute approximate surface area is 138 Å². The van der Waals surface area contributed by atoms with Gasteiger partial charge in [-0.05, 0) is 51.1 Å². The van der Waals surface area contributed by atoms with Gasteiger partial charge in [0, 0.05) is 6.07 Å². The second kappa shape index (κ2) is 8.04. The molecule has 0 aromatic heterocycles. The summed E-state index contributed by atoms with van der Waals surface area (Å²) in [7, 11) is 0. The van der Waals surface area contributed by atoms with Crippen LogP contribution in [-0.4, -0.2) is 0 Å². The second-order valence-corrected chi connectivity index (χ2v) is 5.38. The number of hydrogen-bond donors (Lipinski definition) is 0. The second-order valence-electron chi connectivity index (χ2n) is 5.38. The van der Waals surface area contributed by atoms with Crippen LogP contribution in [0.2, 0.25) is 0 Å². The van der Waals surface area contributed by atoms with Gasteiger partial charge < -0.3 is 9.47 Å². The van der Waals surface area contributed by atoms with Gasteiger partial charge in [0.05, 0.1) is 0 Å². The summed E-state index contributed by atoms with van der Waals surface area (Å²) in [6, 6.07) is 15.6. The topological polar surface area (TPSA) is 18.5 Å². The van der Waals surface area contributed by atoms with Crippen LogP contribution >= 0.6 is 0 Å². The molecule has 0 fully saturated rings. The van der Waals surface area contributed by atoms with Gasteiger partial charge in [-0.25, -0.2) is 0 Å². The third kappa shape index (κ3) is 5.51. The summed E-state index contributed by atoms with van der Waals surface area (Å²) in [4.78, 5) is 0. The molecular formula is C21H22O2. The van der Waals surface area contributed by atoms with E-state index in [0.717, 1.165) is 28.6 Å². The summed E-state index contributed by atoms with van der Waals surface area (Å²) in [5, 5.41) is 0. The molecule has 2 heteroatoms. The van der Waals surface area contributed by atoms with Gasteiger partial charge in [-0.2, -0.15) is 0 Å². The molecule has 0 aliphatic heterocycles. The van der Waals surface area contributed by atoms with Gasteiger partial charge in [-0.15, -0.1) is 0 Å². The van der Waals surface area contributed by atoms with Crippen LogP contribution in [0.4, 0.5) is 0 Å². The summed E-state index contributed by atoms with van der Waals surface area (Å²) in [6.07, 6.45) is 5.69. The molecule has 0 unspecified atom stereocenters. The average molecular weight is 306 g/mol.